The zero-order valence-electron chi connectivity index (χ0n) is 13.6. The van der Waals surface area contributed by atoms with Gasteiger partial charge in [0.25, 0.3) is 0 Å². The largest absolute Gasteiger partial charge is 0.370 e. The van der Waals surface area contributed by atoms with Gasteiger partial charge in [-0.15, -0.1) is 12.4 Å². The minimum Gasteiger partial charge on any atom is -0.370 e. The number of halogens is 1. The molecule has 0 saturated carbocycles. The van der Waals surface area contributed by atoms with Crippen LogP contribution in [0, 0.1) is 5.92 Å². The Morgan fingerprint density at radius 3 is 2.65 bits per heavy atom. The number of carbonyl (C=O) groups is 1. The Hall–Kier alpha value is -1.33. The number of carbonyl (C=O) groups excluding carboxylic acids is 1. The van der Waals surface area contributed by atoms with E-state index >= 15 is 0 Å². The van der Waals surface area contributed by atoms with Gasteiger partial charge in [0.2, 0.25) is 5.91 Å². The van der Waals surface area contributed by atoms with Crippen LogP contribution >= 0.6 is 12.4 Å². The minimum atomic E-state index is 0. The molecular formula is C17H27ClN4O. The molecule has 1 aromatic rings. The molecule has 2 aliphatic heterocycles. The molecular weight excluding hydrogens is 312 g/mol. The molecule has 5 nitrogen and oxygen atoms in total. The van der Waals surface area contributed by atoms with E-state index in [1.165, 1.54) is 25.7 Å². The van der Waals surface area contributed by atoms with Crippen LogP contribution in [0.2, 0.25) is 0 Å². The zero-order valence-corrected chi connectivity index (χ0v) is 14.4. The Bertz CT molecular complexity index is 482. The highest BCUT2D eigenvalue weighted by atomic mass is 35.5. The summed E-state index contributed by atoms with van der Waals surface area (Å²) in [5, 5.41) is 6.27. The van der Waals surface area contributed by atoms with Gasteiger partial charge in [-0.1, -0.05) is 0 Å². The summed E-state index contributed by atoms with van der Waals surface area (Å²) in [6.45, 7) is 4.41. The Morgan fingerprint density at radius 2 is 2.00 bits per heavy atom. The summed E-state index contributed by atoms with van der Waals surface area (Å²) >= 11 is 0. The van der Waals surface area contributed by atoms with E-state index in [0.29, 0.717) is 18.2 Å². The number of rotatable bonds is 5. The van der Waals surface area contributed by atoms with Gasteiger partial charge >= 0.3 is 0 Å². The third-order valence-corrected chi connectivity index (χ3v) is 4.72. The number of hydrogen-bond acceptors (Lipinski definition) is 4. The molecule has 0 aromatic carbocycles. The van der Waals surface area contributed by atoms with E-state index in [0.717, 1.165) is 38.3 Å². The van der Waals surface area contributed by atoms with Crippen molar-refractivity contribution >= 4 is 29.8 Å². The number of pyridine rings is 1. The molecule has 0 spiro atoms. The van der Waals surface area contributed by atoms with E-state index in [2.05, 4.69) is 26.6 Å². The summed E-state index contributed by atoms with van der Waals surface area (Å²) in [5.74, 6) is 1.44. The fourth-order valence-electron chi connectivity index (χ4n) is 3.33. The quantitative estimate of drug-likeness (QED) is 0.866. The van der Waals surface area contributed by atoms with Crippen LogP contribution in [0.3, 0.4) is 0 Å². The molecule has 23 heavy (non-hydrogen) atoms. The molecule has 6 heteroatoms. The second kappa shape index (κ2) is 9.08. The predicted octanol–water partition coefficient (Wildman–Crippen LogP) is 2.82. The number of nitrogens with one attached hydrogen (secondary N) is 2. The third-order valence-electron chi connectivity index (χ3n) is 4.72. The first-order chi connectivity index (χ1) is 10.8. The first kappa shape index (κ1) is 18.0. The maximum atomic E-state index is 12.0. The second-order valence-electron chi connectivity index (χ2n) is 6.38. The van der Waals surface area contributed by atoms with Gasteiger partial charge in [0.15, 0.2) is 0 Å². The Balaban J connectivity index is 0.00000192. The van der Waals surface area contributed by atoms with Crippen LogP contribution in [0.1, 0.15) is 38.5 Å². The van der Waals surface area contributed by atoms with Crippen LogP contribution in [-0.2, 0) is 4.79 Å². The molecule has 3 heterocycles. The molecule has 128 valence electrons. The lowest BCUT2D eigenvalue weighted by Crippen LogP contribution is -2.28. The van der Waals surface area contributed by atoms with E-state index in [1.807, 2.05) is 12.3 Å². The molecule has 1 amide bonds. The first-order valence-corrected chi connectivity index (χ1v) is 8.53. The summed E-state index contributed by atoms with van der Waals surface area (Å²) in [4.78, 5) is 18.7. The molecule has 0 bridgehead atoms. The second-order valence-corrected chi connectivity index (χ2v) is 6.38. The lowest BCUT2D eigenvalue weighted by Gasteiger charge is -2.22. The number of nitrogens with zero attached hydrogens (tertiary/aromatic N) is 2. The fourth-order valence-corrected chi connectivity index (χ4v) is 3.33. The lowest BCUT2D eigenvalue weighted by atomic mass is 9.93. The maximum Gasteiger partial charge on any atom is 0.225 e. The SMILES string of the molecule is Cl.O=C(CCC1CCNCC1)Nc1ccc(N2CCCC2)cn1. The maximum absolute atomic E-state index is 12.0. The van der Waals surface area contributed by atoms with Crippen molar-refractivity contribution in [2.24, 2.45) is 5.92 Å². The zero-order chi connectivity index (χ0) is 15.2. The predicted molar refractivity (Wildman–Crippen MR) is 96.4 cm³/mol. The Labute approximate surface area is 144 Å². The van der Waals surface area contributed by atoms with Crippen molar-refractivity contribution in [1.29, 1.82) is 0 Å². The number of amides is 1. The molecule has 2 fully saturated rings. The van der Waals surface area contributed by atoms with Crippen molar-refractivity contribution in [3.63, 3.8) is 0 Å². The summed E-state index contributed by atoms with van der Waals surface area (Å²) in [7, 11) is 0. The monoisotopic (exact) mass is 338 g/mol. The van der Waals surface area contributed by atoms with Crippen LogP contribution in [0.15, 0.2) is 18.3 Å². The number of anilines is 2. The van der Waals surface area contributed by atoms with Gasteiger partial charge in [-0.05, 0) is 63.2 Å². The average Bonchev–Trinajstić information content (AvgIpc) is 3.09. The highest BCUT2D eigenvalue weighted by molar-refractivity contribution is 5.89. The van der Waals surface area contributed by atoms with Crippen molar-refractivity contribution < 1.29 is 4.79 Å². The summed E-state index contributed by atoms with van der Waals surface area (Å²) in [6.07, 6.45) is 8.35. The van der Waals surface area contributed by atoms with E-state index in [1.54, 1.807) is 0 Å². The van der Waals surface area contributed by atoms with Gasteiger partial charge in [0, 0.05) is 19.5 Å². The summed E-state index contributed by atoms with van der Waals surface area (Å²) in [5.41, 5.74) is 1.16. The summed E-state index contributed by atoms with van der Waals surface area (Å²) in [6, 6.07) is 3.97. The van der Waals surface area contributed by atoms with E-state index in [9.17, 15) is 4.79 Å². The molecule has 0 atom stereocenters. The van der Waals surface area contributed by atoms with Crippen molar-refractivity contribution in [2.45, 2.75) is 38.5 Å². The van der Waals surface area contributed by atoms with E-state index < -0.39 is 0 Å². The minimum absolute atomic E-state index is 0. The van der Waals surface area contributed by atoms with Crippen LogP contribution in [-0.4, -0.2) is 37.1 Å². The van der Waals surface area contributed by atoms with Gasteiger partial charge in [0.05, 0.1) is 11.9 Å². The van der Waals surface area contributed by atoms with Crippen molar-refractivity contribution in [1.82, 2.24) is 10.3 Å². The van der Waals surface area contributed by atoms with Crippen LogP contribution in [0.5, 0.6) is 0 Å². The molecule has 0 unspecified atom stereocenters. The Kier molecular flexibility index (Phi) is 7.12. The molecule has 2 saturated heterocycles. The highest BCUT2D eigenvalue weighted by Gasteiger charge is 2.15. The highest BCUT2D eigenvalue weighted by Crippen LogP contribution is 2.21. The molecule has 2 N–H and O–H groups in total. The molecule has 0 radical (unpaired) electrons. The molecule has 1 aromatic heterocycles. The molecule has 2 aliphatic rings. The van der Waals surface area contributed by atoms with E-state index in [-0.39, 0.29) is 18.3 Å². The Morgan fingerprint density at radius 1 is 1.26 bits per heavy atom. The number of hydrogen-bond donors (Lipinski definition) is 2. The van der Waals surface area contributed by atoms with Gasteiger partial charge < -0.3 is 15.5 Å². The van der Waals surface area contributed by atoms with Crippen LogP contribution < -0.4 is 15.5 Å². The van der Waals surface area contributed by atoms with Gasteiger partial charge in [-0.3, -0.25) is 4.79 Å². The smallest absolute Gasteiger partial charge is 0.225 e. The number of aromatic nitrogens is 1. The van der Waals surface area contributed by atoms with Gasteiger partial charge in [0.1, 0.15) is 5.82 Å². The van der Waals surface area contributed by atoms with Crippen LogP contribution in [0.25, 0.3) is 0 Å². The fraction of sp³-hybridized carbons (Fsp3) is 0.647. The van der Waals surface area contributed by atoms with Crippen LogP contribution in [0.4, 0.5) is 11.5 Å². The number of piperidine rings is 1. The summed E-state index contributed by atoms with van der Waals surface area (Å²) < 4.78 is 0. The average molecular weight is 339 g/mol. The standard InChI is InChI=1S/C17H26N4O.ClH/c22-17(6-3-14-7-9-18-10-8-14)20-16-5-4-15(13-19-16)21-11-1-2-12-21;/h4-5,13-14,18H,1-3,6-12H2,(H,19,20,22);1H. The van der Waals surface area contributed by atoms with Gasteiger partial charge in [-0.2, -0.15) is 0 Å². The van der Waals surface area contributed by atoms with E-state index in [4.69, 9.17) is 0 Å². The normalized spacial score (nSPS) is 18.5. The van der Waals surface area contributed by atoms with Gasteiger partial charge in [-0.25, -0.2) is 4.98 Å². The molecule has 3 rings (SSSR count). The van der Waals surface area contributed by atoms with Crippen molar-refractivity contribution in [3.05, 3.63) is 18.3 Å². The topological polar surface area (TPSA) is 57.3 Å². The first-order valence-electron chi connectivity index (χ1n) is 8.53. The van der Waals surface area contributed by atoms with Crippen molar-refractivity contribution in [3.8, 4) is 0 Å². The van der Waals surface area contributed by atoms with Crippen molar-refractivity contribution in [2.75, 3.05) is 36.4 Å². The lowest BCUT2D eigenvalue weighted by molar-refractivity contribution is -0.116. The molecule has 0 aliphatic carbocycles. The third kappa shape index (κ3) is 5.36.